The van der Waals surface area contributed by atoms with Gasteiger partial charge in [0.2, 0.25) is 0 Å². The van der Waals surface area contributed by atoms with Crippen molar-refractivity contribution in [3.63, 3.8) is 0 Å². The maximum absolute atomic E-state index is 3.92. The van der Waals surface area contributed by atoms with E-state index >= 15 is 0 Å². The zero-order chi connectivity index (χ0) is 12.4. The van der Waals surface area contributed by atoms with Gasteiger partial charge in [-0.05, 0) is 36.5 Å². The minimum Gasteiger partial charge on any atom is -0.307 e. The van der Waals surface area contributed by atoms with E-state index < -0.39 is 0 Å². The van der Waals surface area contributed by atoms with E-state index in [0.29, 0.717) is 18.5 Å². The Morgan fingerprint density at radius 1 is 1.39 bits per heavy atom. The van der Waals surface area contributed by atoms with E-state index in [-0.39, 0.29) is 0 Å². The number of H-pyrrole nitrogens is 1. The van der Waals surface area contributed by atoms with Crippen LogP contribution >= 0.6 is 15.9 Å². The fourth-order valence-corrected chi connectivity index (χ4v) is 2.73. The third kappa shape index (κ3) is 2.59. The largest absolute Gasteiger partial charge is 0.307 e. The summed E-state index contributed by atoms with van der Waals surface area (Å²) in [6.07, 6.45) is 2.35. The molecule has 2 aromatic rings. The standard InChI is InChI=1S/C12H14BrN5/c13-10-3-1-2-8(4-10)9-5-11(6-9)14-7-12-15-17-18-16-12/h1-4,9,11,14H,5-7H2,(H,15,16,17,18). The molecule has 1 aliphatic carbocycles. The molecule has 5 nitrogen and oxygen atoms in total. The van der Waals surface area contributed by atoms with Gasteiger partial charge in [0.05, 0.1) is 6.54 Å². The zero-order valence-electron chi connectivity index (χ0n) is 9.81. The van der Waals surface area contributed by atoms with Crippen molar-refractivity contribution >= 4 is 15.9 Å². The number of tetrazole rings is 1. The van der Waals surface area contributed by atoms with Crippen molar-refractivity contribution in [2.45, 2.75) is 31.3 Å². The Balaban J connectivity index is 1.48. The third-order valence-corrected chi connectivity index (χ3v) is 3.89. The Kier molecular flexibility index (Phi) is 3.38. The molecule has 0 unspecified atom stereocenters. The Hall–Kier alpha value is -1.27. The maximum atomic E-state index is 3.92. The van der Waals surface area contributed by atoms with Gasteiger partial charge in [0.1, 0.15) is 0 Å². The van der Waals surface area contributed by atoms with Crippen molar-refractivity contribution in [2.24, 2.45) is 0 Å². The molecule has 1 aromatic carbocycles. The van der Waals surface area contributed by atoms with Gasteiger partial charge in [-0.1, -0.05) is 33.3 Å². The highest BCUT2D eigenvalue weighted by Crippen LogP contribution is 2.37. The topological polar surface area (TPSA) is 66.5 Å². The van der Waals surface area contributed by atoms with Crippen LogP contribution in [0.25, 0.3) is 0 Å². The van der Waals surface area contributed by atoms with E-state index in [1.54, 1.807) is 0 Å². The van der Waals surface area contributed by atoms with Gasteiger partial charge in [-0.3, -0.25) is 0 Å². The molecule has 94 valence electrons. The van der Waals surface area contributed by atoms with Crippen molar-refractivity contribution < 1.29 is 0 Å². The van der Waals surface area contributed by atoms with Gasteiger partial charge in [0.15, 0.2) is 5.82 Å². The minimum absolute atomic E-state index is 0.562. The van der Waals surface area contributed by atoms with Gasteiger partial charge in [0.25, 0.3) is 0 Å². The van der Waals surface area contributed by atoms with E-state index in [1.165, 1.54) is 18.4 Å². The van der Waals surface area contributed by atoms with Crippen LogP contribution in [0.15, 0.2) is 28.7 Å². The smallest absolute Gasteiger partial charge is 0.188 e. The molecule has 0 spiro atoms. The molecule has 1 aromatic heterocycles. The lowest BCUT2D eigenvalue weighted by Crippen LogP contribution is -2.39. The number of hydrogen-bond donors (Lipinski definition) is 2. The zero-order valence-corrected chi connectivity index (χ0v) is 11.4. The summed E-state index contributed by atoms with van der Waals surface area (Å²) in [5, 5.41) is 17.3. The quantitative estimate of drug-likeness (QED) is 0.906. The molecule has 0 saturated heterocycles. The molecular weight excluding hydrogens is 294 g/mol. The predicted octanol–water partition coefficient (Wildman–Crippen LogP) is 2.00. The molecule has 6 heteroatoms. The summed E-state index contributed by atoms with van der Waals surface area (Å²) in [4.78, 5) is 0. The highest BCUT2D eigenvalue weighted by atomic mass is 79.9. The van der Waals surface area contributed by atoms with Crippen LogP contribution in [0.4, 0.5) is 0 Å². The lowest BCUT2D eigenvalue weighted by Gasteiger charge is -2.36. The van der Waals surface area contributed by atoms with E-state index in [0.717, 1.165) is 10.3 Å². The molecule has 0 bridgehead atoms. The van der Waals surface area contributed by atoms with Crippen molar-refractivity contribution in [2.75, 3.05) is 0 Å². The Bertz CT molecular complexity index is 507. The molecule has 18 heavy (non-hydrogen) atoms. The van der Waals surface area contributed by atoms with Gasteiger partial charge in [-0.15, -0.1) is 10.2 Å². The Labute approximate surface area is 113 Å². The number of benzene rings is 1. The van der Waals surface area contributed by atoms with Crippen LogP contribution in [-0.4, -0.2) is 26.7 Å². The number of nitrogens with zero attached hydrogens (tertiary/aromatic N) is 3. The monoisotopic (exact) mass is 307 g/mol. The van der Waals surface area contributed by atoms with Crippen LogP contribution in [0.1, 0.15) is 30.1 Å². The Morgan fingerprint density at radius 3 is 3.00 bits per heavy atom. The predicted molar refractivity (Wildman–Crippen MR) is 70.9 cm³/mol. The molecule has 1 aliphatic rings. The van der Waals surface area contributed by atoms with Crippen LogP contribution in [0.5, 0.6) is 0 Å². The number of aromatic amines is 1. The second kappa shape index (κ2) is 5.16. The van der Waals surface area contributed by atoms with E-state index in [9.17, 15) is 0 Å². The molecule has 0 aliphatic heterocycles. The lowest BCUT2D eigenvalue weighted by molar-refractivity contribution is 0.287. The summed E-state index contributed by atoms with van der Waals surface area (Å²) in [6, 6.07) is 9.13. The second-order valence-corrected chi connectivity index (χ2v) is 5.54. The normalized spacial score (nSPS) is 22.7. The summed E-state index contributed by atoms with van der Waals surface area (Å²) in [5.41, 5.74) is 1.42. The van der Waals surface area contributed by atoms with Crippen LogP contribution in [0.3, 0.4) is 0 Å². The molecule has 1 heterocycles. The Morgan fingerprint density at radius 2 is 2.28 bits per heavy atom. The maximum Gasteiger partial charge on any atom is 0.188 e. The average Bonchev–Trinajstić information content (AvgIpc) is 2.80. The highest BCUT2D eigenvalue weighted by Gasteiger charge is 2.29. The van der Waals surface area contributed by atoms with Crippen molar-refractivity contribution in [3.8, 4) is 0 Å². The molecule has 1 fully saturated rings. The van der Waals surface area contributed by atoms with Gasteiger partial charge in [0, 0.05) is 10.5 Å². The van der Waals surface area contributed by atoms with Crippen molar-refractivity contribution in [3.05, 3.63) is 40.1 Å². The summed E-state index contributed by atoms with van der Waals surface area (Å²) in [7, 11) is 0. The molecule has 1 saturated carbocycles. The molecule has 0 radical (unpaired) electrons. The first kappa shape index (κ1) is 11.8. The summed E-state index contributed by atoms with van der Waals surface area (Å²) in [6.45, 7) is 0.687. The third-order valence-electron chi connectivity index (χ3n) is 3.40. The fourth-order valence-electron chi connectivity index (χ4n) is 2.31. The SMILES string of the molecule is Brc1cccc(C2CC(NCc3nn[nH]n3)C2)c1. The number of halogens is 1. The molecular formula is C12H14BrN5. The number of nitrogens with one attached hydrogen (secondary N) is 2. The summed E-state index contributed by atoms with van der Waals surface area (Å²) >= 11 is 3.51. The van der Waals surface area contributed by atoms with E-state index in [4.69, 9.17) is 0 Å². The molecule has 2 N–H and O–H groups in total. The first-order valence-corrected chi connectivity index (χ1v) is 6.82. The van der Waals surface area contributed by atoms with Crippen molar-refractivity contribution in [1.29, 1.82) is 0 Å². The van der Waals surface area contributed by atoms with Gasteiger partial charge in [-0.25, -0.2) is 0 Å². The summed E-state index contributed by atoms with van der Waals surface area (Å²) in [5.74, 6) is 1.39. The average molecular weight is 308 g/mol. The molecule has 0 atom stereocenters. The van der Waals surface area contributed by atoms with Crippen LogP contribution in [-0.2, 0) is 6.54 Å². The molecule has 0 amide bonds. The highest BCUT2D eigenvalue weighted by molar-refractivity contribution is 9.10. The number of rotatable bonds is 4. The van der Waals surface area contributed by atoms with Crippen molar-refractivity contribution in [1.82, 2.24) is 25.9 Å². The van der Waals surface area contributed by atoms with E-state index in [1.807, 2.05) is 0 Å². The van der Waals surface area contributed by atoms with Crippen LogP contribution in [0, 0.1) is 0 Å². The molecule has 3 rings (SSSR count). The summed E-state index contributed by atoms with van der Waals surface area (Å²) < 4.78 is 1.16. The first-order chi connectivity index (χ1) is 8.81. The van der Waals surface area contributed by atoms with E-state index in [2.05, 4.69) is 66.1 Å². The van der Waals surface area contributed by atoms with Crippen LogP contribution in [0.2, 0.25) is 0 Å². The first-order valence-electron chi connectivity index (χ1n) is 6.02. The number of hydrogen-bond acceptors (Lipinski definition) is 4. The lowest BCUT2D eigenvalue weighted by atomic mass is 9.76. The minimum atomic E-state index is 0.562. The second-order valence-electron chi connectivity index (χ2n) is 4.63. The van der Waals surface area contributed by atoms with Gasteiger partial charge in [-0.2, -0.15) is 5.21 Å². The number of aromatic nitrogens is 4. The van der Waals surface area contributed by atoms with Crippen LogP contribution < -0.4 is 5.32 Å². The van der Waals surface area contributed by atoms with Gasteiger partial charge < -0.3 is 5.32 Å². The van der Waals surface area contributed by atoms with Gasteiger partial charge >= 0.3 is 0 Å². The fraction of sp³-hybridized carbons (Fsp3) is 0.417.